The predicted molar refractivity (Wildman–Crippen MR) is 80.0 cm³/mol. The first-order valence-corrected chi connectivity index (χ1v) is 7.95. The van der Waals surface area contributed by atoms with Crippen LogP contribution in [0, 0.1) is 0 Å². The molecule has 1 N–H and O–H groups in total. The molecule has 0 aliphatic heterocycles. The summed E-state index contributed by atoms with van der Waals surface area (Å²) in [7, 11) is 0. The van der Waals surface area contributed by atoms with Crippen molar-refractivity contribution in [3.8, 4) is 0 Å². The molecule has 1 aromatic heterocycles. The van der Waals surface area contributed by atoms with E-state index in [2.05, 4.69) is 51.4 Å². The van der Waals surface area contributed by atoms with Crippen molar-refractivity contribution >= 4 is 44.2 Å². The Kier molecular flexibility index (Phi) is 4.88. The average Bonchev–Trinajstić information content (AvgIpc) is 2.76. The van der Waals surface area contributed by atoms with Crippen molar-refractivity contribution in [2.45, 2.75) is 17.6 Å². The molecule has 2 aromatic rings. The highest BCUT2D eigenvalue weighted by Crippen LogP contribution is 2.31. The van der Waals surface area contributed by atoms with Crippen LogP contribution in [-0.2, 0) is 5.75 Å². The van der Waals surface area contributed by atoms with Crippen molar-refractivity contribution in [1.29, 1.82) is 0 Å². The molecule has 2 rings (SSSR count). The average molecular weight is 329 g/mol. The smallest absolute Gasteiger partial charge is 0.182 e. The van der Waals surface area contributed by atoms with Crippen LogP contribution in [0.4, 0.5) is 5.13 Å². The fourth-order valence-corrected chi connectivity index (χ4v) is 3.79. The SMILES string of the molecule is CCNc1ncc(CSc2ccccc2Br)s1. The lowest BCUT2D eigenvalue weighted by atomic mass is 10.4. The molecular weight excluding hydrogens is 316 g/mol. The van der Waals surface area contributed by atoms with Gasteiger partial charge in [-0.05, 0) is 35.0 Å². The van der Waals surface area contributed by atoms with Gasteiger partial charge in [-0.3, -0.25) is 0 Å². The predicted octanol–water partition coefficient (Wildman–Crippen LogP) is 4.63. The Hall–Kier alpha value is -0.520. The number of hydrogen-bond acceptors (Lipinski definition) is 4. The number of halogens is 1. The Morgan fingerprint density at radius 3 is 3.00 bits per heavy atom. The molecule has 0 aliphatic rings. The van der Waals surface area contributed by atoms with Crippen LogP contribution in [0.15, 0.2) is 39.8 Å². The lowest BCUT2D eigenvalue weighted by Gasteiger charge is -2.01. The van der Waals surface area contributed by atoms with E-state index in [4.69, 9.17) is 0 Å². The number of thiazole rings is 1. The Labute approximate surface area is 118 Å². The van der Waals surface area contributed by atoms with Gasteiger partial charge in [0.1, 0.15) is 0 Å². The van der Waals surface area contributed by atoms with Crippen molar-refractivity contribution in [3.63, 3.8) is 0 Å². The van der Waals surface area contributed by atoms with Crippen LogP contribution >= 0.6 is 39.0 Å². The van der Waals surface area contributed by atoms with E-state index in [1.165, 1.54) is 9.77 Å². The fraction of sp³-hybridized carbons (Fsp3) is 0.250. The van der Waals surface area contributed by atoms with Crippen molar-refractivity contribution in [2.24, 2.45) is 0 Å². The topological polar surface area (TPSA) is 24.9 Å². The second kappa shape index (κ2) is 6.42. The normalized spacial score (nSPS) is 10.5. The second-order valence-corrected chi connectivity index (χ2v) is 6.37. The van der Waals surface area contributed by atoms with Crippen molar-refractivity contribution in [2.75, 3.05) is 11.9 Å². The quantitative estimate of drug-likeness (QED) is 0.810. The van der Waals surface area contributed by atoms with Gasteiger partial charge in [-0.1, -0.05) is 12.1 Å². The molecule has 90 valence electrons. The number of rotatable bonds is 5. The van der Waals surface area contributed by atoms with Crippen molar-refractivity contribution < 1.29 is 0 Å². The molecule has 0 amide bonds. The first-order chi connectivity index (χ1) is 8.29. The van der Waals surface area contributed by atoms with E-state index in [0.29, 0.717) is 0 Å². The highest BCUT2D eigenvalue weighted by Gasteiger charge is 2.03. The molecule has 17 heavy (non-hydrogen) atoms. The van der Waals surface area contributed by atoms with Gasteiger partial charge in [0.05, 0.1) is 0 Å². The van der Waals surface area contributed by atoms with Gasteiger partial charge in [-0.15, -0.1) is 23.1 Å². The van der Waals surface area contributed by atoms with Crippen LogP contribution in [-0.4, -0.2) is 11.5 Å². The largest absolute Gasteiger partial charge is 0.362 e. The standard InChI is InChI=1S/C12H13BrN2S2/c1-2-14-12-15-7-9(17-12)8-16-11-6-4-3-5-10(11)13/h3-7H,2,8H2,1H3,(H,14,15). The molecule has 5 heteroatoms. The fourth-order valence-electron chi connectivity index (χ4n) is 1.32. The Morgan fingerprint density at radius 1 is 1.41 bits per heavy atom. The van der Waals surface area contributed by atoms with Gasteiger partial charge >= 0.3 is 0 Å². The second-order valence-electron chi connectivity index (χ2n) is 3.38. The van der Waals surface area contributed by atoms with Gasteiger partial charge in [0, 0.05) is 32.7 Å². The minimum Gasteiger partial charge on any atom is -0.362 e. The van der Waals surface area contributed by atoms with E-state index in [-0.39, 0.29) is 0 Å². The maximum atomic E-state index is 4.32. The summed E-state index contributed by atoms with van der Waals surface area (Å²) in [4.78, 5) is 6.89. The summed E-state index contributed by atoms with van der Waals surface area (Å²) in [5.74, 6) is 0.964. The Balaban J connectivity index is 1.95. The molecule has 0 bridgehead atoms. The number of hydrogen-bond donors (Lipinski definition) is 1. The van der Waals surface area contributed by atoms with Crippen molar-refractivity contribution in [1.82, 2.24) is 4.98 Å². The van der Waals surface area contributed by atoms with E-state index in [1.807, 2.05) is 24.0 Å². The first kappa shape index (κ1) is 12.9. The summed E-state index contributed by atoms with van der Waals surface area (Å²) in [5, 5.41) is 4.24. The molecule has 0 radical (unpaired) electrons. The number of anilines is 1. The molecule has 0 fully saturated rings. The number of nitrogens with zero attached hydrogens (tertiary/aromatic N) is 1. The zero-order chi connectivity index (χ0) is 12.1. The van der Waals surface area contributed by atoms with Gasteiger partial charge in [-0.25, -0.2) is 4.98 Å². The third-order valence-electron chi connectivity index (χ3n) is 2.09. The van der Waals surface area contributed by atoms with E-state index < -0.39 is 0 Å². The summed E-state index contributed by atoms with van der Waals surface area (Å²) >= 11 is 7.11. The minimum atomic E-state index is 0.921. The number of thioether (sulfide) groups is 1. The van der Waals surface area contributed by atoms with Crippen LogP contribution in [0.2, 0.25) is 0 Å². The summed E-state index contributed by atoms with van der Waals surface area (Å²) in [6.45, 7) is 3.00. The van der Waals surface area contributed by atoms with E-state index in [9.17, 15) is 0 Å². The maximum absolute atomic E-state index is 4.32. The molecule has 1 heterocycles. The van der Waals surface area contributed by atoms with E-state index in [1.54, 1.807) is 11.3 Å². The van der Waals surface area contributed by atoms with Crippen LogP contribution < -0.4 is 5.32 Å². The third kappa shape index (κ3) is 3.72. The summed E-state index contributed by atoms with van der Waals surface area (Å²) in [6.07, 6.45) is 1.95. The molecule has 0 aliphatic carbocycles. The molecule has 0 saturated carbocycles. The van der Waals surface area contributed by atoms with Crippen LogP contribution in [0.25, 0.3) is 0 Å². The van der Waals surface area contributed by atoms with Gasteiger partial charge in [0.15, 0.2) is 5.13 Å². The van der Waals surface area contributed by atoms with Crippen LogP contribution in [0.1, 0.15) is 11.8 Å². The molecule has 0 saturated heterocycles. The Morgan fingerprint density at radius 2 is 2.24 bits per heavy atom. The highest BCUT2D eigenvalue weighted by atomic mass is 79.9. The van der Waals surface area contributed by atoms with Gasteiger partial charge < -0.3 is 5.32 Å². The third-order valence-corrected chi connectivity index (χ3v) is 5.30. The number of benzene rings is 1. The number of aromatic nitrogens is 1. The molecule has 0 unspecified atom stereocenters. The monoisotopic (exact) mass is 328 g/mol. The summed E-state index contributed by atoms with van der Waals surface area (Å²) in [5.41, 5.74) is 0. The van der Waals surface area contributed by atoms with Gasteiger partial charge in [-0.2, -0.15) is 0 Å². The summed E-state index contributed by atoms with van der Waals surface area (Å²) < 4.78 is 1.15. The molecular formula is C12H13BrN2S2. The highest BCUT2D eigenvalue weighted by molar-refractivity contribution is 9.10. The summed E-state index contributed by atoms with van der Waals surface area (Å²) in [6, 6.07) is 8.29. The van der Waals surface area contributed by atoms with E-state index >= 15 is 0 Å². The molecule has 2 nitrogen and oxygen atoms in total. The minimum absolute atomic E-state index is 0.921. The lowest BCUT2D eigenvalue weighted by Crippen LogP contribution is -1.94. The maximum Gasteiger partial charge on any atom is 0.182 e. The lowest BCUT2D eigenvalue weighted by molar-refractivity contribution is 1.19. The number of nitrogens with one attached hydrogen (secondary N) is 1. The van der Waals surface area contributed by atoms with Crippen molar-refractivity contribution in [3.05, 3.63) is 39.8 Å². The van der Waals surface area contributed by atoms with Gasteiger partial charge in [0.25, 0.3) is 0 Å². The molecule has 0 atom stereocenters. The van der Waals surface area contributed by atoms with E-state index in [0.717, 1.165) is 21.9 Å². The van der Waals surface area contributed by atoms with Crippen LogP contribution in [0.3, 0.4) is 0 Å². The molecule has 0 spiro atoms. The Bertz CT molecular complexity index is 485. The van der Waals surface area contributed by atoms with Gasteiger partial charge in [0.2, 0.25) is 0 Å². The molecule has 1 aromatic carbocycles. The zero-order valence-electron chi connectivity index (χ0n) is 9.44. The zero-order valence-corrected chi connectivity index (χ0v) is 12.7. The van der Waals surface area contributed by atoms with Crippen LogP contribution in [0.5, 0.6) is 0 Å². The first-order valence-electron chi connectivity index (χ1n) is 5.35.